The highest BCUT2D eigenvalue weighted by atomic mass is 16.5. The first-order chi connectivity index (χ1) is 15.5. The molecule has 1 spiro atoms. The number of para-hydroxylation sites is 1. The van der Waals surface area contributed by atoms with E-state index in [9.17, 15) is 4.79 Å². The van der Waals surface area contributed by atoms with Crippen LogP contribution in [0.5, 0.6) is 11.5 Å². The molecule has 0 N–H and O–H groups in total. The Balaban J connectivity index is 1.25. The monoisotopic (exact) mass is 431 g/mol. The van der Waals surface area contributed by atoms with Gasteiger partial charge in [-0.15, -0.1) is 0 Å². The van der Waals surface area contributed by atoms with Gasteiger partial charge in [-0.3, -0.25) is 9.69 Å². The van der Waals surface area contributed by atoms with E-state index in [1.807, 2.05) is 73.3 Å². The molecule has 2 aromatic carbocycles. The molecular formula is C26H29N3O3. The molecule has 0 radical (unpaired) electrons. The van der Waals surface area contributed by atoms with Gasteiger partial charge in [-0.05, 0) is 69.5 Å². The smallest absolute Gasteiger partial charge is 0.253 e. The zero-order chi connectivity index (χ0) is 22.1. The largest absolute Gasteiger partial charge is 0.457 e. The number of benzene rings is 2. The van der Waals surface area contributed by atoms with Crippen molar-refractivity contribution in [3.05, 3.63) is 77.2 Å². The standard InChI is InChI=1S/C26H29N3O3/c1-19-24(20(2)32-27-19)17-29-16-14-26(29)13-6-15-28(18-26)25(30)21-9-11-23(12-10-21)31-22-7-4-3-5-8-22/h3-5,7-12H,6,13-18H2,1-2H3/t26-/m1/s1. The minimum absolute atomic E-state index is 0.0699. The van der Waals surface area contributed by atoms with Gasteiger partial charge in [0.05, 0.1) is 5.69 Å². The third kappa shape index (κ3) is 3.91. The maximum atomic E-state index is 13.3. The fraction of sp³-hybridized carbons (Fsp3) is 0.385. The van der Waals surface area contributed by atoms with Gasteiger partial charge in [0.2, 0.25) is 0 Å². The number of nitrogens with zero attached hydrogens (tertiary/aromatic N) is 3. The molecule has 1 aromatic heterocycles. The van der Waals surface area contributed by atoms with Crippen molar-refractivity contribution in [1.82, 2.24) is 15.0 Å². The maximum absolute atomic E-state index is 13.3. The van der Waals surface area contributed by atoms with Crippen molar-refractivity contribution in [3.63, 3.8) is 0 Å². The fourth-order valence-corrected chi connectivity index (χ4v) is 4.97. The Hall–Kier alpha value is -3.12. The van der Waals surface area contributed by atoms with E-state index in [-0.39, 0.29) is 11.4 Å². The van der Waals surface area contributed by atoms with Crippen molar-refractivity contribution in [2.75, 3.05) is 19.6 Å². The fourth-order valence-electron chi connectivity index (χ4n) is 4.97. The summed E-state index contributed by atoms with van der Waals surface area (Å²) in [7, 11) is 0. The number of amides is 1. The molecule has 2 saturated heterocycles. The van der Waals surface area contributed by atoms with Gasteiger partial charge in [0, 0.05) is 42.8 Å². The van der Waals surface area contributed by atoms with Crippen LogP contribution in [0.3, 0.4) is 0 Å². The third-order valence-electron chi connectivity index (χ3n) is 6.97. The highest BCUT2D eigenvalue weighted by Crippen LogP contribution is 2.40. The number of aryl methyl sites for hydroxylation is 2. The first-order valence-corrected chi connectivity index (χ1v) is 11.3. The lowest BCUT2D eigenvalue weighted by Gasteiger charge is -2.57. The summed E-state index contributed by atoms with van der Waals surface area (Å²) >= 11 is 0. The lowest BCUT2D eigenvalue weighted by atomic mass is 9.77. The molecule has 0 saturated carbocycles. The van der Waals surface area contributed by atoms with Gasteiger partial charge in [0.15, 0.2) is 0 Å². The van der Waals surface area contributed by atoms with Crippen LogP contribution in [0.2, 0.25) is 0 Å². The molecule has 32 heavy (non-hydrogen) atoms. The Morgan fingerprint density at radius 3 is 2.44 bits per heavy atom. The number of aromatic nitrogens is 1. The van der Waals surface area contributed by atoms with Crippen molar-refractivity contribution in [2.24, 2.45) is 0 Å². The average molecular weight is 432 g/mol. The van der Waals surface area contributed by atoms with Crippen LogP contribution >= 0.6 is 0 Å². The number of hydrogen-bond donors (Lipinski definition) is 0. The van der Waals surface area contributed by atoms with E-state index in [1.54, 1.807) is 0 Å². The van der Waals surface area contributed by atoms with Crippen LogP contribution in [-0.2, 0) is 6.54 Å². The zero-order valence-electron chi connectivity index (χ0n) is 18.7. The minimum atomic E-state index is 0.0699. The second-order valence-corrected chi connectivity index (χ2v) is 8.97. The van der Waals surface area contributed by atoms with Crippen molar-refractivity contribution < 1.29 is 14.1 Å². The lowest BCUT2D eigenvalue weighted by Crippen LogP contribution is -2.67. The Morgan fingerprint density at radius 1 is 1.03 bits per heavy atom. The molecule has 3 heterocycles. The SMILES string of the molecule is Cc1noc(C)c1CN1CC[C@@]12CCCN(C(=O)c1ccc(Oc3ccccc3)cc1)C2. The summed E-state index contributed by atoms with van der Waals surface area (Å²) < 4.78 is 11.2. The normalized spacial score (nSPS) is 20.9. The number of carbonyl (C=O) groups excluding carboxylic acids is 1. The molecule has 6 nitrogen and oxygen atoms in total. The molecular weight excluding hydrogens is 402 g/mol. The molecule has 2 aliphatic heterocycles. The van der Waals surface area contributed by atoms with Crippen molar-refractivity contribution >= 4 is 5.91 Å². The van der Waals surface area contributed by atoms with E-state index in [0.717, 1.165) is 68.4 Å². The molecule has 3 aromatic rings. The Kier molecular flexibility index (Phi) is 5.47. The summed E-state index contributed by atoms with van der Waals surface area (Å²) in [5.74, 6) is 2.51. The van der Waals surface area contributed by atoms with Gasteiger partial charge in [0.1, 0.15) is 17.3 Å². The molecule has 0 bridgehead atoms. The summed E-state index contributed by atoms with van der Waals surface area (Å²) in [4.78, 5) is 17.8. The van der Waals surface area contributed by atoms with E-state index >= 15 is 0 Å². The Labute approximate surface area is 188 Å². The highest BCUT2D eigenvalue weighted by Gasteiger charge is 2.48. The van der Waals surface area contributed by atoms with Crippen LogP contribution < -0.4 is 4.74 Å². The molecule has 6 heteroatoms. The van der Waals surface area contributed by atoms with Crippen molar-refractivity contribution in [2.45, 2.75) is 45.2 Å². The summed E-state index contributed by atoms with van der Waals surface area (Å²) in [6.45, 7) is 7.45. The van der Waals surface area contributed by atoms with E-state index in [1.165, 1.54) is 5.56 Å². The molecule has 2 aliphatic rings. The second-order valence-electron chi connectivity index (χ2n) is 8.97. The predicted octanol–water partition coefficient (Wildman–Crippen LogP) is 4.96. The van der Waals surface area contributed by atoms with Crippen molar-refractivity contribution in [1.29, 1.82) is 0 Å². The summed E-state index contributed by atoms with van der Waals surface area (Å²) in [6.07, 6.45) is 3.28. The van der Waals surface area contributed by atoms with Crippen molar-refractivity contribution in [3.8, 4) is 11.5 Å². The van der Waals surface area contributed by atoms with Crippen LogP contribution in [0, 0.1) is 13.8 Å². The van der Waals surface area contributed by atoms with E-state index < -0.39 is 0 Å². The molecule has 1 atom stereocenters. The Morgan fingerprint density at radius 2 is 1.78 bits per heavy atom. The number of likely N-dealkylation sites (tertiary alicyclic amines) is 2. The number of rotatable bonds is 5. The zero-order valence-corrected chi connectivity index (χ0v) is 18.7. The molecule has 166 valence electrons. The molecule has 0 unspecified atom stereocenters. The van der Waals surface area contributed by atoms with Gasteiger partial charge in [-0.25, -0.2) is 0 Å². The van der Waals surface area contributed by atoms with Gasteiger partial charge in [-0.2, -0.15) is 0 Å². The minimum Gasteiger partial charge on any atom is -0.457 e. The number of piperidine rings is 1. The predicted molar refractivity (Wildman–Crippen MR) is 122 cm³/mol. The summed E-state index contributed by atoms with van der Waals surface area (Å²) in [5, 5.41) is 4.10. The van der Waals surface area contributed by atoms with Gasteiger partial charge < -0.3 is 14.2 Å². The Bertz CT molecular complexity index is 1070. The first kappa shape index (κ1) is 20.8. The first-order valence-electron chi connectivity index (χ1n) is 11.3. The number of carbonyl (C=O) groups is 1. The second kappa shape index (κ2) is 8.43. The quantitative estimate of drug-likeness (QED) is 0.571. The van der Waals surface area contributed by atoms with Crippen LogP contribution in [0.4, 0.5) is 0 Å². The molecule has 1 amide bonds. The van der Waals surface area contributed by atoms with E-state index in [0.29, 0.717) is 5.56 Å². The number of ether oxygens (including phenoxy) is 1. The summed E-state index contributed by atoms with van der Waals surface area (Å²) in [6, 6.07) is 17.1. The topological polar surface area (TPSA) is 58.8 Å². The number of hydrogen-bond acceptors (Lipinski definition) is 5. The van der Waals surface area contributed by atoms with Crippen LogP contribution in [0.15, 0.2) is 59.1 Å². The molecule has 5 rings (SSSR count). The maximum Gasteiger partial charge on any atom is 0.253 e. The molecule has 0 aliphatic carbocycles. The van der Waals surface area contributed by atoms with Crippen LogP contribution in [-0.4, -0.2) is 46.0 Å². The van der Waals surface area contributed by atoms with Gasteiger partial charge in [0.25, 0.3) is 5.91 Å². The van der Waals surface area contributed by atoms with E-state index in [2.05, 4.69) is 10.1 Å². The van der Waals surface area contributed by atoms with Crippen LogP contribution in [0.1, 0.15) is 46.6 Å². The van der Waals surface area contributed by atoms with Gasteiger partial charge in [-0.1, -0.05) is 23.4 Å². The summed E-state index contributed by atoms with van der Waals surface area (Å²) in [5.41, 5.74) is 2.92. The third-order valence-corrected chi connectivity index (χ3v) is 6.97. The van der Waals surface area contributed by atoms with Crippen LogP contribution in [0.25, 0.3) is 0 Å². The van der Waals surface area contributed by atoms with E-state index in [4.69, 9.17) is 9.26 Å². The highest BCUT2D eigenvalue weighted by molar-refractivity contribution is 5.94. The van der Waals surface area contributed by atoms with Gasteiger partial charge >= 0.3 is 0 Å². The lowest BCUT2D eigenvalue weighted by molar-refractivity contribution is -0.0651. The molecule has 2 fully saturated rings. The average Bonchev–Trinajstić information content (AvgIpc) is 3.14.